The summed E-state index contributed by atoms with van der Waals surface area (Å²) in [6.45, 7) is 28.4. The molecule has 0 amide bonds. The highest BCUT2D eigenvalue weighted by Gasteiger charge is 2.39. The minimum Gasteiger partial charge on any atom is -0.457 e. The van der Waals surface area contributed by atoms with Crippen LogP contribution in [0.1, 0.15) is 155 Å². The van der Waals surface area contributed by atoms with Crippen LogP contribution in [0.3, 0.4) is 0 Å². The Morgan fingerprint density at radius 1 is 0.657 bits per heavy atom. The van der Waals surface area contributed by atoms with Gasteiger partial charge < -0.3 is 9.64 Å². The first kappa shape index (κ1) is 44.4. The van der Waals surface area contributed by atoms with Crippen LogP contribution in [-0.4, -0.2) is 28.0 Å². The molecule has 10 rings (SSSR count). The maximum atomic E-state index is 7.24. The van der Waals surface area contributed by atoms with Gasteiger partial charge in [-0.1, -0.05) is 161 Å². The van der Waals surface area contributed by atoms with E-state index in [1.807, 2.05) is 6.20 Å². The molecule has 0 aliphatic carbocycles. The van der Waals surface area contributed by atoms with Gasteiger partial charge in [0.25, 0.3) is 0 Å². The van der Waals surface area contributed by atoms with Gasteiger partial charge in [0, 0.05) is 52.2 Å². The van der Waals surface area contributed by atoms with Crippen LogP contribution in [0.25, 0.3) is 27.6 Å². The highest BCUT2D eigenvalue weighted by Crippen LogP contribution is 2.51. The second kappa shape index (κ2) is 16.7. The number of nitrogens with zero attached hydrogens (tertiary/aromatic N) is 4. The Balaban J connectivity index is 1.15. The van der Waals surface area contributed by atoms with Crippen LogP contribution in [-0.2, 0) is 10.8 Å². The standard InChI is InChI=1S/C62H66N4O/c1-37(2)43-30-44(59-64-53(56(41-21-15-13-16-22-41)42-23-17-14-18-24-42)36-65(59)57-47(38(3)4)25-19-26-48(57)39(5)6)32-46(31-43)67-55-35-54-51(29-40(55)7)62(11,12)52-34-45(61(8,9)10)33-50-49-27-20-28-63-60(49)66(54)58(50)52/h13-35,37-39,53,56H,36H2,1-12H3/t53-/m0/s1. The lowest BCUT2D eigenvalue weighted by molar-refractivity contribution is 0.476. The van der Waals surface area contributed by atoms with Gasteiger partial charge in [-0.25, -0.2) is 4.98 Å². The van der Waals surface area contributed by atoms with E-state index in [1.54, 1.807) is 0 Å². The number of anilines is 1. The summed E-state index contributed by atoms with van der Waals surface area (Å²) in [4.78, 5) is 13.5. The molecule has 0 saturated carbocycles. The van der Waals surface area contributed by atoms with Crippen molar-refractivity contribution in [1.29, 1.82) is 0 Å². The smallest absolute Gasteiger partial charge is 0.145 e. The first-order valence-corrected chi connectivity index (χ1v) is 24.5. The highest BCUT2D eigenvalue weighted by molar-refractivity contribution is 6.13. The number of hydrogen-bond donors (Lipinski definition) is 0. The molecule has 2 aliphatic rings. The summed E-state index contributed by atoms with van der Waals surface area (Å²) < 4.78 is 9.64. The average molecular weight is 883 g/mol. The molecule has 5 heteroatoms. The fourth-order valence-corrected chi connectivity index (χ4v) is 10.9. The number of ether oxygens (including phenoxy) is 1. The Kier molecular flexibility index (Phi) is 11.1. The van der Waals surface area contributed by atoms with Crippen LogP contribution in [0.2, 0.25) is 0 Å². The monoisotopic (exact) mass is 883 g/mol. The molecule has 340 valence electrons. The molecule has 0 N–H and O–H groups in total. The molecule has 0 unspecified atom stereocenters. The van der Waals surface area contributed by atoms with Crippen molar-refractivity contribution in [2.45, 2.75) is 124 Å². The van der Waals surface area contributed by atoms with E-state index < -0.39 is 0 Å². The summed E-state index contributed by atoms with van der Waals surface area (Å²) in [5, 5.41) is 2.43. The number of hydrogen-bond acceptors (Lipinski definition) is 4. The van der Waals surface area contributed by atoms with Crippen molar-refractivity contribution in [1.82, 2.24) is 9.55 Å². The molecule has 8 aromatic rings. The average Bonchev–Trinajstić information content (AvgIpc) is 3.89. The molecule has 4 heterocycles. The molecule has 6 aromatic carbocycles. The molecule has 5 nitrogen and oxygen atoms in total. The van der Waals surface area contributed by atoms with Gasteiger partial charge in [-0.15, -0.1) is 0 Å². The lowest BCUT2D eigenvalue weighted by Gasteiger charge is -2.36. The Bertz CT molecular complexity index is 3130. The Morgan fingerprint density at radius 3 is 1.93 bits per heavy atom. The van der Waals surface area contributed by atoms with Crippen LogP contribution in [0, 0.1) is 6.92 Å². The summed E-state index contributed by atoms with van der Waals surface area (Å²) in [6, 6.07) is 49.4. The van der Waals surface area contributed by atoms with E-state index in [4.69, 9.17) is 14.7 Å². The molecule has 2 aromatic heterocycles. The van der Waals surface area contributed by atoms with Gasteiger partial charge in [-0.2, -0.15) is 0 Å². The van der Waals surface area contributed by atoms with E-state index in [9.17, 15) is 0 Å². The SMILES string of the molecule is Cc1cc2c(cc1Oc1cc(C3=N[C@H](C(c4ccccc4)c4ccccc4)CN3c3c(C(C)C)cccc3C(C)C)cc(C(C)C)c1)-n1c3ncccc3c3cc(C(C)(C)C)cc(c31)C2(C)C. The van der Waals surface area contributed by atoms with Gasteiger partial charge in [0.1, 0.15) is 23.0 Å². The van der Waals surface area contributed by atoms with Gasteiger partial charge in [-0.05, 0) is 123 Å². The lowest BCUT2D eigenvalue weighted by atomic mass is 9.72. The van der Waals surface area contributed by atoms with Crippen LogP contribution in [0.15, 0.2) is 145 Å². The van der Waals surface area contributed by atoms with Gasteiger partial charge in [0.15, 0.2) is 0 Å². The summed E-state index contributed by atoms with van der Waals surface area (Å²) in [5.74, 6) is 3.62. The first-order valence-electron chi connectivity index (χ1n) is 24.5. The van der Waals surface area contributed by atoms with Crippen molar-refractivity contribution in [3.05, 3.63) is 195 Å². The molecular formula is C62H66N4O. The van der Waals surface area contributed by atoms with Crippen molar-refractivity contribution in [2.75, 3.05) is 11.4 Å². The van der Waals surface area contributed by atoms with Gasteiger partial charge >= 0.3 is 0 Å². The quantitative estimate of drug-likeness (QED) is 0.137. The molecule has 2 aliphatic heterocycles. The lowest BCUT2D eigenvalue weighted by Crippen LogP contribution is -2.33. The third-order valence-electron chi connectivity index (χ3n) is 14.7. The second-order valence-electron chi connectivity index (χ2n) is 21.7. The predicted octanol–water partition coefficient (Wildman–Crippen LogP) is 16.1. The molecule has 0 fully saturated rings. The van der Waals surface area contributed by atoms with Crippen LogP contribution < -0.4 is 9.64 Å². The second-order valence-corrected chi connectivity index (χ2v) is 21.7. The number of fused-ring (bicyclic) bond motifs is 5. The number of para-hydroxylation sites is 1. The molecule has 0 spiro atoms. The number of aromatic nitrogens is 2. The molecule has 0 radical (unpaired) electrons. The fraction of sp³-hybridized carbons (Fsp3) is 0.323. The zero-order chi connectivity index (χ0) is 47.1. The summed E-state index contributed by atoms with van der Waals surface area (Å²) in [7, 11) is 0. The zero-order valence-electron chi connectivity index (χ0n) is 41.6. The van der Waals surface area contributed by atoms with E-state index in [0.29, 0.717) is 11.8 Å². The summed E-state index contributed by atoms with van der Waals surface area (Å²) >= 11 is 0. The third-order valence-corrected chi connectivity index (χ3v) is 14.7. The first-order chi connectivity index (χ1) is 32.0. The predicted molar refractivity (Wildman–Crippen MR) is 282 cm³/mol. The van der Waals surface area contributed by atoms with Gasteiger partial charge in [0.2, 0.25) is 0 Å². The normalized spacial score (nSPS) is 15.7. The minimum atomic E-state index is -0.258. The minimum absolute atomic E-state index is 0.00328. The summed E-state index contributed by atoms with van der Waals surface area (Å²) in [5.41, 5.74) is 16.9. The van der Waals surface area contributed by atoms with E-state index in [-0.39, 0.29) is 28.7 Å². The largest absolute Gasteiger partial charge is 0.457 e. The zero-order valence-corrected chi connectivity index (χ0v) is 41.6. The molecule has 1 atom stereocenters. The van der Waals surface area contributed by atoms with Crippen molar-refractivity contribution in [2.24, 2.45) is 4.99 Å². The van der Waals surface area contributed by atoms with Crippen LogP contribution in [0.4, 0.5) is 5.69 Å². The van der Waals surface area contributed by atoms with Crippen molar-refractivity contribution in [3.63, 3.8) is 0 Å². The van der Waals surface area contributed by atoms with E-state index in [1.165, 1.54) is 66.5 Å². The van der Waals surface area contributed by atoms with Crippen LogP contribution in [0.5, 0.6) is 11.5 Å². The Labute approximate surface area is 398 Å². The highest BCUT2D eigenvalue weighted by atomic mass is 16.5. The number of aryl methyl sites for hydroxylation is 1. The van der Waals surface area contributed by atoms with Crippen molar-refractivity contribution in [3.8, 4) is 17.2 Å². The van der Waals surface area contributed by atoms with E-state index in [0.717, 1.165) is 46.3 Å². The molecule has 0 bridgehead atoms. The fourth-order valence-electron chi connectivity index (χ4n) is 10.9. The third kappa shape index (κ3) is 7.65. The van der Waals surface area contributed by atoms with Crippen LogP contribution >= 0.6 is 0 Å². The number of aliphatic imine (C=N–C) groups is 1. The number of amidine groups is 1. The topological polar surface area (TPSA) is 42.6 Å². The number of benzene rings is 6. The number of rotatable bonds is 10. The molecular weight excluding hydrogens is 817 g/mol. The van der Waals surface area contributed by atoms with Crippen molar-refractivity contribution < 1.29 is 4.74 Å². The van der Waals surface area contributed by atoms with E-state index >= 15 is 0 Å². The Morgan fingerprint density at radius 2 is 1.31 bits per heavy atom. The maximum Gasteiger partial charge on any atom is 0.145 e. The number of pyridine rings is 1. The van der Waals surface area contributed by atoms with Gasteiger partial charge in [0.05, 0.1) is 17.2 Å². The molecule has 67 heavy (non-hydrogen) atoms. The Hall–Kier alpha value is -6.46. The van der Waals surface area contributed by atoms with Gasteiger partial charge in [-0.3, -0.25) is 9.56 Å². The van der Waals surface area contributed by atoms with Crippen molar-refractivity contribution >= 4 is 33.5 Å². The maximum absolute atomic E-state index is 7.24. The molecule has 0 saturated heterocycles. The van der Waals surface area contributed by atoms with E-state index in [2.05, 4.69) is 226 Å². The summed E-state index contributed by atoms with van der Waals surface area (Å²) in [6.07, 6.45) is 1.92.